The van der Waals surface area contributed by atoms with Gasteiger partial charge in [-0.1, -0.05) is 12.1 Å². The smallest absolute Gasteiger partial charge is 0.124 e. The van der Waals surface area contributed by atoms with Crippen molar-refractivity contribution in [1.29, 1.82) is 0 Å². The normalized spacial score (nSPS) is 21.3. The number of allylic oxidation sites excluding steroid dienone is 2. The number of hydrogen-bond donors (Lipinski definition) is 0. The van der Waals surface area contributed by atoms with Crippen LogP contribution in [0.5, 0.6) is 0 Å². The molecule has 0 aromatic heterocycles. The second-order valence-corrected chi connectivity index (χ2v) is 4.68. The Kier molecular flexibility index (Phi) is 3.11. The van der Waals surface area contributed by atoms with Gasteiger partial charge in [0.2, 0.25) is 0 Å². The Hall–Kier alpha value is -0.820. The van der Waals surface area contributed by atoms with E-state index < -0.39 is 0 Å². The highest BCUT2D eigenvalue weighted by Gasteiger charge is 2.13. The lowest BCUT2D eigenvalue weighted by atomic mass is 9.92. The fourth-order valence-electron chi connectivity index (χ4n) is 2.03. The molecule has 0 N–H and O–H groups in total. The number of benzene rings is 1. The SMILES string of the molecule is Cc1cc(F)cc(C2=CC(Cl)CCC2)c1. The van der Waals surface area contributed by atoms with Crippen molar-refractivity contribution in [3.8, 4) is 0 Å². The summed E-state index contributed by atoms with van der Waals surface area (Å²) in [5.41, 5.74) is 3.13. The third-order valence-electron chi connectivity index (χ3n) is 2.72. The lowest BCUT2D eigenvalue weighted by molar-refractivity contribution is 0.625. The van der Waals surface area contributed by atoms with Gasteiger partial charge in [0.05, 0.1) is 5.38 Å². The van der Waals surface area contributed by atoms with Crippen LogP contribution in [0.15, 0.2) is 24.3 Å². The first-order valence-electron chi connectivity index (χ1n) is 5.27. The molecule has 0 saturated heterocycles. The molecule has 1 aromatic carbocycles. The molecule has 0 fully saturated rings. The topological polar surface area (TPSA) is 0 Å². The molecule has 0 bridgehead atoms. The fourth-order valence-corrected chi connectivity index (χ4v) is 2.34. The van der Waals surface area contributed by atoms with Crippen LogP contribution >= 0.6 is 11.6 Å². The van der Waals surface area contributed by atoms with Gasteiger partial charge in [-0.2, -0.15) is 0 Å². The second kappa shape index (κ2) is 4.36. The van der Waals surface area contributed by atoms with E-state index in [1.807, 2.05) is 13.0 Å². The van der Waals surface area contributed by atoms with Crippen LogP contribution in [0.25, 0.3) is 5.57 Å². The molecule has 0 saturated carbocycles. The molecule has 1 aliphatic rings. The first-order valence-corrected chi connectivity index (χ1v) is 5.71. The standard InChI is InChI=1S/C13H14ClF/c1-9-5-11(8-13(15)6-9)10-3-2-4-12(14)7-10/h5-8,12H,2-4H2,1H3. The lowest BCUT2D eigenvalue weighted by Gasteiger charge is -2.17. The summed E-state index contributed by atoms with van der Waals surface area (Å²) in [4.78, 5) is 0. The van der Waals surface area contributed by atoms with Gasteiger partial charge in [0.1, 0.15) is 5.82 Å². The van der Waals surface area contributed by atoms with Crippen LogP contribution in [0.4, 0.5) is 4.39 Å². The van der Waals surface area contributed by atoms with Crippen LogP contribution in [0.2, 0.25) is 0 Å². The largest absolute Gasteiger partial charge is 0.207 e. The number of aryl methyl sites for hydroxylation is 1. The molecule has 0 amide bonds. The van der Waals surface area contributed by atoms with Crippen LogP contribution in [0.1, 0.15) is 30.4 Å². The van der Waals surface area contributed by atoms with Crippen molar-refractivity contribution >= 4 is 17.2 Å². The summed E-state index contributed by atoms with van der Waals surface area (Å²) in [5, 5.41) is 0.109. The quantitative estimate of drug-likeness (QED) is 0.624. The van der Waals surface area contributed by atoms with Gasteiger partial charge in [0, 0.05) is 0 Å². The van der Waals surface area contributed by atoms with E-state index in [1.165, 1.54) is 5.57 Å². The molecule has 2 rings (SSSR count). The number of rotatable bonds is 1. The molecule has 1 atom stereocenters. The van der Waals surface area contributed by atoms with E-state index in [-0.39, 0.29) is 11.2 Å². The maximum atomic E-state index is 13.2. The number of hydrogen-bond acceptors (Lipinski definition) is 0. The maximum Gasteiger partial charge on any atom is 0.124 e. The van der Waals surface area contributed by atoms with E-state index in [1.54, 1.807) is 12.1 Å². The average molecular weight is 225 g/mol. The van der Waals surface area contributed by atoms with Gasteiger partial charge in [-0.15, -0.1) is 11.6 Å². The molecule has 0 heterocycles. The van der Waals surface area contributed by atoms with E-state index in [9.17, 15) is 4.39 Å². The Labute approximate surface area is 94.8 Å². The van der Waals surface area contributed by atoms with Gasteiger partial charge in [0.15, 0.2) is 0 Å². The van der Waals surface area contributed by atoms with Gasteiger partial charge in [0.25, 0.3) is 0 Å². The van der Waals surface area contributed by atoms with Gasteiger partial charge in [-0.05, 0) is 55.0 Å². The van der Waals surface area contributed by atoms with Crippen molar-refractivity contribution in [2.45, 2.75) is 31.6 Å². The van der Waals surface area contributed by atoms with Crippen molar-refractivity contribution < 1.29 is 4.39 Å². The third kappa shape index (κ3) is 2.60. The molecular weight excluding hydrogens is 211 g/mol. The highest BCUT2D eigenvalue weighted by molar-refractivity contribution is 6.22. The van der Waals surface area contributed by atoms with E-state index in [2.05, 4.69) is 6.08 Å². The Morgan fingerprint density at radius 1 is 1.33 bits per heavy atom. The number of alkyl halides is 1. The summed E-state index contributed by atoms with van der Waals surface area (Å²) in [7, 11) is 0. The minimum Gasteiger partial charge on any atom is -0.207 e. The summed E-state index contributed by atoms with van der Waals surface area (Å²) in [6.45, 7) is 1.91. The maximum absolute atomic E-state index is 13.2. The molecule has 0 spiro atoms. The minimum atomic E-state index is -0.164. The van der Waals surface area contributed by atoms with Crippen LogP contribution in [-0.2, 0) is 0 Å². The fraction of sp³-hybridized carbons (Fsp3) is 0.385. The van der Waals surface area contributed by atoms with Crippen LogP contribution in [-0.4, -0.2) is 5.38 Å². The highest BCUT2D eigenvalue weighted by Crippen LogP contribution is 2.29. The van der Waals surface area contributed by atoms with E-state index in [0.29, 0.717) is 0 Å². The Bertz CT molecular complexity index is 375. The zero-order valence-electron chi connectivity index (χ0n) is 8.76. The molecular formula is C13H14ClF. The first kappa shape index (κ1) is 10.7. The zero-order valence-corrected chi connectivity index (χ0v) is 9.52. The van der Waals surface area contributed by atoms with Crippen molar-refractivity contribution in [2.24, 2.45) is 0 Å². The summed E-state index contributed by atoms with van der Waals surface area (Å²) in [6.07, 6.45) is 5.18. The van der Waals surface area contributed by atoms with Gasteiger partial charge in [-0.3, -0.25) is 0 Å². The predicted molar refractivity (Wildman–Crippen MR) is 62.6 cm³/mol. The molecule has 1 aromatic rings. The molecule has 1 aliphatic carbocycles. The Balaban J connectivity index is 2.36. The average Bonchev–Trinajstić information content (AvgIpc) is 2.16. The molecule has 1 unspecified atom stereocenters. The van der Waals surface area contributed by atoms with Crippen molar-refractivity contribution in [2.75, 3.05) is 0 Å². The molecule has 80 valence electrons. The zero-order chi connectivity index (χ0) is 10.8. The van der Waals surface area contributed by atoms with E-state index in [0.717, 1.165) is 30.4 Å². The molecule has 0 nitrogen and oxygen atoms in total. The third-order valence-corrected chi connectivity index (χ3v) is 3.07. The number of halogens is 2. The molecule has 15 heavy (non-hydrogen) atoms. The lowest BCUT2D eigenvalue weighted by Crippen LogP contribution is -2.03. The van der Waals surface area contributed by atoms with Crippen molar-refractivity contribution in [3.63, 3.8) is 0 Å². The van der Waals surface area contributed by atoms with Gasteiger partial charge >= 0.3 is 0 Å². The Morgan fingerprint density at radius 2 is 2.13 bits per heavy atom. The van der Waals surface area contributed by atoms with Crippen LogP contribution < -0.4 is 0 Å². The minimum absolute atomic E-state index is 0.109. The molecule has 0 radical (unpaired) electrons. The Morgan fingerprint density at radius 3 is 2.80 bits per heavy atom. The second-order valence-electron chi connectivity index (χ2n) is 4.12. The monoisotopic (exact) mass is 224 g/mol. The van der Waals surface area contributed by atoms with Crippen LogP contribution in [0, 0.1) is 12.7 Å². The molecule has 2 heteroatoms. The first-order chi connectivity index (χ1) is 7.15. The van der Waals surface area contributed by atoms with Crippen LogP contribution in [0.3, 0.4) is 0 Å². The van der Waals surface area contributed by atoms with Crippen molar-refractivity contribution in [3.05, 3.63) is 41.2 Å². The summed E-state index contributed by atoms with van der Waals surface area (Å²) in [5.74, 6) is -0.164. The summed E-state index contributed by atoms with van der Waals surface area (Å²) >= 11 is 6.07. The van der Waals surface area contributed by atoms with E-state index >= 15 is 0 Å². The van der Waals surface area contributed by atoms with E-state index in [4.69, 9.17) is 11.6 Å². The highest BCUT2D eigenvalue weighted by atomic mass is 35.5. The van der Waals surface area contributed by atoms with Gasteiger partial charge in [-0.25, -0.2) is 4.39 Å². The summed E-state index contributed by atoms with van der Waals surface area (Å²) in [6, 6.07) is 5.16. The van der Waals surface area contributed by atoms with Crippen molar-refractivity contribution in [1.82, 2.24) is 0 Å². The van der Waals surface area contributed by atoms with Gasteiger partial charge < -0.3 is 0 Å². The molecule has 0 aliphatic heterocycles. The predicted octanol–water partition coefficient (Wildman–Crippen LogP) is 4.31. The summed E-state index contributed by atoms with van der Waals surface area (Å²) < 4.78 is 13.2.